The molecule has 0 saturated carbocycles. The third-order valence-corrected chi connectivity index (χ3v) is 3.02. The van der Waals surface area contributed by atoms with Crippen LogP contribution in [0.2, 0.25) is 0 Å². The third-order valence-electron chi connectivity index (χ3n) is 3.02. The Kier molecular flexibility index (Phi) is 3.44. The number of carbonyl (C=O) groups excluding carboxylic acids is 3. The highest BCUT2D eigenvalue weighted by Crippen LogP contribution is 2.35. The average Bonchev–Trinajstić information content (AvgIpc) is 2.74. The van der Waals surface area contributed by atoms with Crippen LogP contribution in [0.25, 0.3) is 0 Å². The van der Waals surface area contributed by atoms with Gasteiger partial charge in [-0.1, -0.05) is 24.3 Å². The molecule has 2 rings (SSSR count). The summed E-state index contributed by atoms with van der Waals surface area (Å²) >= 11 is 0. The van der Waals surface area contributed by atoms with E-state index in [4.69, 9.17) is 0 Å². The smallest absolute Gasteiger partial charge is 0.216 e. The zero-order valence-electron chi connectivity index (χ0n) is 9.26. The Bertz CT molecular complexity index is 456. The second kappa shape index (κ2) is 5.01. The third kappa shape index (κ3) is 2.17. The Hall–Kier alpha value is -1.81. The fourth-order valence-electron chi connectivity index (χ4n) is 2.25. The van der Waals surface area contributed by atoms with Crippen LogP contribution in [0.3, 0.4) is 0 Å². The van der Waals surface area contributed by atoms with E-state index in [0.717, 1.165) is 17.4 Å². The molecule has 1 aliphatic heterocycles. The molecule has 1 aliphatic rings. The minimum Gasteiger partial charge on any atom is -0.303 e. The van der Waals surface area contributed by atoms with Gasteiger partial charge in [-0.2, -0.15) is 0 Å². The first kappa shape index (κ1) is 11.7. The number of carbonyl (C=O) groups is 3. The van der Waals surface area contributed by atoms with E-state index >= 15 is 0 Å². The van der Waals surface area contributed by atoms with Crippen molar-refractivity contribution in [1.29, 1.82) is 0 Å². The van der Waals surface area contributed by atoms with Crippen LogP contribution in [0.4, 0.5) is 0 Å². The normalized spacial score (nSPS) is 21.9. The molecule has 1 N–H and O–H groups in total. The number of Topliss-reactive ketones (excluding diaryl/α,β-unsaturated/α-hetero) is 1. The Morgan fingerprint density at radius 2 is 1.94 bits per heavy atom. The van der Waals surface area contributed by atoms with Crippen molar-refractivity contribution in [3.8, 4) is 0 Å². The summed E-state index contributed by atoms with van der Waals surface area (Å²) in [5, 5.41) is 3.10. The molecule has 0 aliphatic carbocycles. The zero-order chi connectivity index (χ0) is 12.3. The minimum atomic E-state index is -0.555. The molecule has 0 spiro atoms. The van der Waals surface area contributed by atoms with Crippen LogP contribution in [0, 0.1) is 0 Å². The van der Waals surface area contributed by atoms with Crippen LogP contribution in [-0.2, 0) is 14.4 Å². The summed E-state index contributed by atoms with van der Waals surface area (Å²) in [6, 6.07) is 6.92. The van der Waals surface area contributed by atoms with Gasteiger partial charge < -0.3 is 4.79 Å². The maximum atomic E-state index is 11.5. The van der Waals surface area contributed by atoms with Crippen LogP contribution in [-0.4, -0.2) is 18.4 Å². The summed E-state index contributed by atoms with van der Waals surface area (Å²) < 4.78 is 0. The van der Waals surface area contributed by atoms with E-state index in [1.54, 1.807) is 0 Å². The lowest BCUT2D eigenvalue weighted by Crippen LogP contribution is -2.25. The highest BCUT2D eigenvalue weighted by Gasteiger charge is 2.33. The van der Waals surface area contributed by atoms with Gasteiger partial charge in [0.15, 0.2) is 6.29 Å². The van der Waals surface area contributed by atoms with Crippen molar-refractivity contribution in [2.24, 2.45) is 0 Å². The maximum Gasteiger partial charge on any atom is 0.216 e. The molecule has 2 unspecified atom stereocenters. The SMILES string of the molecule is O=CCCC1NC(C(=O)C=O)c2ccccc21. The maximum absolute atomic E-state index is 11.5. The highest BCUT2D eigenvalue weighted by molar-refractivity contribution is 6.27. The first-order valence-corrected chi connectivity index (χ1v) is 5.55. The molecule has 0 aromatic heterocycles. The molecule has 2 atom stereocenters. The van der Waals surface area contributed by atoms with E-state index < -0.39 is 11.8 Å². The topological polar surface area (TPSA) is 63.2 Å². The molecule has 1 heterocycles. The number of rotatable bonds is 5. The molecule has 1 aromatic rings. The van der Waals surface area contributed by atoms with Crippen molar-refractivity contribution in [2.45, 2.75) is 24.9 Å². The second-order valence-corrected chi connectivity index (χ2v) is 4.05. The zero-order valence-corrected chi connectivity index (χ0v) is 9.26. The monoisotopic (exact) mass is 231 g/mol. The molecule has 0 radical (unpaired) electrons. The van der Waals surface area contributed by atoms with E-state index in [-0.39, 0.29) is 6.04 Å². The van der Waals surface area contributed by atoms with Gasteiger partial charge in [0.2, 0.25) is 5.78 Å². The largest absolute Gasteiger partial charge is 0.303 e. The van der Waals surface area contributed by atoms with Crippen LogP contribution >= 0.6 is 0 Å². The van der Waals surface area contributed by atoms with E-state index in [1.807, 2.05) is 24.3 Å². The number of nitrogens with one attached hydrogen (secondary N) is 1. The number of fused-ring (bicyclic) bond motifs is 1. The minimum absolute atomic E-state index is 0.0229. The lowest BCUT2D eigenvalue weighted by molar-refractivity contribution is -0.131. The van der Waals surface area contributed by atoms with E-state index in [0.29, 0.717) is 19.1 Å². The van der Waals surface area contributed by atoms with Crippen LogP contribution in [0.15, 0.2) is 24.3 Å². The highest BCUT2D eigenvalue weighted by atomic mass is 16.2. The van der Waals surface area contributed by atoms with Crippen molar-refractivity contribution in [1.82, 2.24) is 5.32 Å². The van der Waals surface area contributed by atoms with Gasteiger partial charge in [0.1, 0.15) is 12.3 Å². The molecule has 0 fully saturated rings. The van der Waals surface area contributed by atoms with Gasteiger partial charge in [-0.15, -0.1) is 0 Å². The first-order chi connectivity index (χ1) is 8.27. The van der Waals surface area contributed by atoms with Gasteiger partial charge in [-0.25, -0.2) is 0 Å². The van der Waals surface area contributed by atoms with Crippen LogP contribution in [0.5, 0.6) is 0 Å². The van der Waals surface area contributed by atoms with E-state index in [1.165, 1.54) is 0 Å². The van der Waals surface area contributed by atoms with Crippen LogP contribution < -0.4 is 5.32 Å². The molecule has 0 bridgehead atoms. The molecule has 0 amide bonds. The van der Waals surface area contributed by atoms with Gasteiger partial charge in [-0.05, 0) is 17.5 Å². The quantitative estimate of drug-likeness (QED) is 0.609. The summed E-state index contributed by atoms with van der Waals surface area (Å²) in [6.07, 6.45) is 2.28. The van der Waals surface area contributed by atoms with Crippen LogP contribution in [0.1, 0.15) is 36.1 Å². The summed E-state index contributed by atoms with van der Waals surface area (Å²) in [5.41, 5.74) is 1.86. The van der Waals surface area contributed by atoms with Crippen molar-refractivity contribution >= 4 is 18.4 Å². The molecule has 4 heteroatoms. The average molecular weight is 231 g/mol. The summed E-state index contributed by atoms with van der Waals surface area (Å²) in [4.78, 5) is 32.5. The van der Waals surface area contributed by atoms with E-state index in [2.05, 4.69) is 5.32 Å². The van der Waals surface area contributed by atoms with Gasteiger partial charge in [0.25, 0.3) is 0 Å². The molecule has 17 heavy (non-hydrogen) atoms. The van der Waals surface area contributed by atoms with Crippen molar-refractivity contribution in [3.05, 3.63) is 35.4 Å². The fraction of sp³-hybridized carbons (Fsp3) is 0.308. The summed E-state index contributed by atoms with van der Waals surface area (Å²) in [6.45, 7) is 0. The Balaban J connectivity index is 2.29. The van der Waals surface area contributed by atoms with Crippen molar-refractivity contribution < 1.29 is 14.4 Å². The number of ketones is 1. The number of aldehydes is 2. The second-order valence-electron chi connectivity index (χ2n) is 4.05. The molecule has 4 nitrogen and oxygen atoms in total. The van der Waals surface area contributed by atoms with Crippen molar-refractivity contribution in [2.75, 3.05) is 0 Å². The lowest BCUT2D eigenvalue weighted by Gasteiger charge is -2.11. The lowest BCUT2D eigenvalue weighted by atomic mass is 9.98. The molecule has 0 saturated heterocycles. The standard InChI is InChI=1S/C13H13NO3/c15-7-3-6-11-9-4-1-2-5-10(9)13(14-11)12(17)8-16/h1-2,4-5,7-8,11,13-14H,3,6H2. The molecular weight excluding hydrogens is 218 g/mol. The molecule has 88 valence electrons. The van der Waals surface area contributed by atoms with Gasteiger partial charge >= 0.3 is 0 Å². The predicted octanol–water partition coefficient (Wildman–Crippen LogP) is 1.12. The fourth-order valence-corrected chi connectivity index (χ4v) is 2.25. The Morgan fingerprint density at radius 1 is 1.24 bits per heavy atom. The first-order valence-electron chi connectivity index (χ1n) is 5.55. The number of benzene rings is 1. The predicted molar refractivity (Wildman–Crippen MR) is 61.4 cm³/mol. The van der Waals surface area contributed by atoms with E-state index in [9.17, 15) is 14.4 Å². The Morgan fingerprint density at radius 3 is 2.59 bits per heavy atom. The van der Waals surface area contributed by atoms with Gasteiger partial charge in [-0.3, -0.25) is 14.9 Å². The number of hydrogen-bond acceptors (Lipinski definition) is 4. The molecule has 1 aromatic carbocycles. The van der Waals surface area contributed by atoms with Crippen molar-refractivity contribution in [3.63, 3.8) is 0 Å². The number of hydrogen-bond donors (Lipinski definition) is 1. The Labute approximate surface area is 99.0 Å². The molecular formula is C13H13NO3. The summed E-state index contributed by atoms with van der Waals surface area (Å²) in [5.74, 6) is -0.467. The summed E-state index contributed by atoms with van der Waals surface area (Å²) in [7, 11) is 0. The van der Waals surface area contributed by atoms with Gasteiger partial charge in [0, 0.05) is 12.5 Å². The van der Waals surface area contributed by atoms with Gasteiger partial charge in [0.05, 0.1) is 0 Å².